The highest BCUT2D eigenvalue weighted by molar-refractivity contribution is 7.99. The minimum atomic E-state index is -0.473. The van der Waals surface area contributed by atoms with Gasteiger partial charge >= 0.3 is 0 Å². The van der Waals surface area contributed by atoms with E-state index >= 15 is 0 Å². The van der Waals surface area contributed by atoms with Crippen molar-refractivity contribution in [1.82, 2.24) is 5.32 Å². The minimum absolute atomic E-state index is 0.0820. The number of rotatable bonds is 7. The number of carbonyl (C=O) groups excluding carboxylic acids is 1. The Morgan fingerprint density at radius 2 is 1.91 bits per heavy atom. The van der Waals surface area contributed by atoms with Gasteiger partial charge in [0, 0.05) is 11.4 Å². The van der Waals surface area contributed by atoms with E-state index < -0.39 is 5.82 Å². The van der Waals surface area contributed by atoms with Crippen LogP contribution < -0.4 is 10.1 Å². The Morgan fingerprint density at radius 3 is 2.59 bits per heavy atom. The number of hydrogen-bond acceptors (Lipinski definition) is 3. The van der Waals surface area contributed by atoms with Crippen LogP contribution in [0.2, 0.25) is 0 Å². The van der Waals surface area contributed by atoms with Gasteiger partial charge < -0.3 is 10.1 Å². The maximum absolute atomic E-state index is 13.3. The average molecular weight is 319 g/mol. The van der Waals surface area contributed by atoms with Gasteiger partial charge in [-0.3, -0.25) is 4.79 Å². The predicted molar refractivity (Wildman–Crippen MR) is 86.6 cm³/mol. The Balaban J connectivity index is 1.76. The third-order valence-corrected chi connectivity index (χ3v) is 3.81. The number of thioether (sulfide) groups is 1. The van der Waals surface area contributed by atoms with Crippen molar-refractivity contribution >= 4 is 17.7 Å². The smallest absolute Gasteiger partial charge is 0.258 e. The molecular weight excluding hydrogens is 301 g/mol. The van der Waals surface area contributed by atoms with Gasteiger partial charge in [-0.15, -0.1) is 11.8 Å². The van der Waals surface area contributed by atoms with Crippen LogP contribution in [0, 0.1) is 5.82 Å². The molecule has 116 valence electrons. The van der Waals surface area contributed by atoms with Crippen molar-refractivity contribution in [2.75, 3.05) is 12.4 Å². The number of ether oxygens (including phenoxy) is 1. The largest absolute Gasteiger partial charge is 0.481 e. The summed E-state index contributed by atoms with van der Waals surface area (Å²) in [6, 6.07) is 14.0. The summed E-state index contributed by atoms with van der Waals surface area (Å²) >= 11 is 1.77. The number of benzene rings is 2. The molecule has 0 aliphatic carbocycles. The van der Waals surface area contributed by atoms with E-state index in [0.29, 0.717) is 6.54 Å². The lowest BCUT2D eigenvalue weighted by Crippen LogP contribution is -2.28. The van der Waals surface area contributed by atoms with E-state index in [4.69, 9.17) is 4.74 Å². The number of para-hydroxylation sites is 1. The van der Waals surface area contributed by atoms with E-state index in [1.54, 1.807) is 23.9 Å². The third-order valence-electron chi connectivity index (χ3n) is 2.92. The highest BCUT2D eigenvalue weighted by Gasteiger charge is 2.06. The molecule has 0 aliphatic rings. The van der Waals surface area contributed by atoms with E-state index in [2.05, 4.69) is 12.2 Å². The molecule has 0 bridgehead atoms. The number of halogens is 1. The topological polar surface area (TPSA) is 38.3 Å². The van der Waals surface area contributed by atoms with Gasteiger partial charge in [0.25, 0.3) is 5.91 Å². The van der Waals surface area contributed by atoms with Crippen molar-refractivity contribution in [2.45, 2.75) is 18.4 Å². The molecule has 22 heavy (non-hydrogen) atoms. The molecule has 3 nitrogen and oxygen atoms in total. The highest BCUT2D eigenvalue weighted by Crippen LogP contribution is 2.17. The monoisotopic (exact) mass is 319 g/mol. The summed E-state index contributed by atoms with van der Waals surface area (Å²) in [5, 5.41) is 2.75. The van der Waals surface area contributed by atoms with Crippen molar-refractivity contribution in [2.24, 2.45) is 0 Å². The Kier molecular flexibility index (Phi) is 6.27. The van der Waals surface area contributed by atoms with Gasteiger partial charge in [0.05, 0.1) is 0 Å². The van der Waals surface area contributed by atoms with E-state index in [-0.39, 0.29) is 18.3 Å². The van der Waals surface area contributed by atoms with Crippen molar-refractivity contribution in [3.05, 3.63) is 59.9 Å². The fraction of sp³-hybridized carbons (Fsp3) is 0.235. The normalized spacial score (nSPS) is 10.3. The third kappa shape index (κ3) is 5.07. The zero-order chi connectivity index (χ0) is 15.8. The first-order chi connectivity index (χ1) is 10.7. The number of hydrogen-bond donors (Lipinski definition) is 1. The van der Waals surface area contributed by atoms with Gasteiger partial charge in [-0.2, -0.15) is 0 Å². The van der Waals surface area contributed by atoms with Crippen molar-refractivity contribution < 1.29 is 13.9 Å². The molecule has 0 saturated carbocycles. The van der Waals surface area contributed by atoms with Gasteiger partial charge in [-0.05, 0) is 35.6 Å². The SMILES string of the molecule is CCSc1ccc(CNC(=O)COc2ccccc2F)cc1. The van der Waals surface area contributed by atoms with Crippen LogP contribution >= 0.6 is 11.8 Å². The Hall–Kier alpha value is -2.01. The van der Waals surface area contributed by atoms with E-state index in [9.17, 15) is 9.18 Å². The lowest BCUT2D eigenvalue weighted by atomic mass is 10.2. The average Bonchev–Trinajstić information content (AvgIpc) is 2.54. The van der Waals surface area contributed by atoms with Gasteiger partial charge in [0.2, 0.25) is 0 Å². The van der Waals surface area contributed by atoms with Crippen molar-refractivity contribution in [3.63, 3.8) is 0 Å². The van der Waals surface area contributed by atoms with Crippen LogP contribution in [-0.2, 0) is 11.3 Å². The molecule has 0 aromatic heterocycles. The summed E-state index contributed by atoms with van der Waals surface area (Å²) in [7, 11) is 0. The summed E-state index contributed by atoms with van der Waals surface area (Å²) in [6.07, 6.45) is 0. The molecule has 2 aromatic carbocycles. The molecule has 1 amide bonds. The van der Waals surface area contributed by atoms with Crippen LogP contribution in [0.5, 0.6) is 5.75 Å². The standard InChI is InChI=1S/C17H18FNO2S/c1-2-22-14-9-7-13(8-10-14)11-19-17(20)12-21-16-6-4-3-5-15(16)18/h3-10H,2,11-12H2,1H3,(H,19,20). The zero-order valence-electron chi connectivity index (χ0n) is 12.3. The molecule has 0 saturated heterocycles. The summed E-state index contributed by atoms with van der Waals surface area (Å²) in [5.41, 5.74) is 1.01. The molecule has 0 fully saturated rings. The fourth-order valence-corrected chi connectivity index (χ4v) is 2.49. The van der Waals surface area contributed by atoms with Crippen LogP contribution in [-0.4, -0.2) is 18.3 Å². The Labute approximate surface area is 133 Å². The lowest BCUT2D eigenvalue weighted by molar-refractivity contribution is -0.123. The molecule has 0 aliphatic heterocycles. The van der Waals surface area contributed by atoms with E-state index in [1.807, 2.05) is 24.3 Å². The molecule has 1 N–H and O–H groups in total. The Morgan fingerprint density at radius 1 is 1.18 bits per heavy atom. The first-order valence-electron chi connectivity index (χ1n) is 7.05. The first-order valence-corrected chi connectivity index (χ1v) is 8.03. The lowest BCUT2D eigenvalue weighted by Gasteiger charge is -2.08. The van der Waals surface area contributed by atoms with Crippen LogP contribution in [0.1, 0.15) is 12.5 Å². The van der Waals surface area contributed by atoms with Crippen LogP contribution in [0.3, 0.4) is 0 Å². The molecule has 5 heteroatoms. The first kappa shape index (κ1) is 16.4. The molecule has 0 radical (unpaired) electrons. The minimum Gasteiger partial charge on any atom is -0.481 e. The zero-order valence-corrected chi connectivity index (χ0v) is 13.2. The summed E-state index contributed by atoms with van der Waals surface area (Å²) < 4.78 is 18.5. The summed E-state index contributed by atoms with van der Waals surface area (Å²) in [4.78, 5) is 12.9. The summed E-state index contributed by atoms with van der Waals surface area (Å²) in [6.45, 7) is 2.33. The summed E-state index contributed by atoms with van der Waals surface area (Å²) in [5.74, 6) is 0.358. The van der Waals surface area contributed by atoms with E-state index in [1.165, 1.54) is 17.0 Å². The number of nitrogens with one attached hydrogen (secondary N) is 1. The van der Waals surface area contributed by atoms with Gasteiger partial charge in [-0.1, -0.05) is 31.2 Å². The molecule has 0 spiro atoms. The number of carbonyl (C=O) groups is 1. The molecule has 2 rings (SSSR count). The quantitative estimate of drug-likeness (QED) is 0.792. The van der Waals surface area contributed by atoms with Gasteiger partial charge in [0.1, 0.15) is 0 Å². The molecule has 0 heterocycles. The molecule has 2 aromatic rings. The maximum Gasteiger partial charge on any atom is 0.258 e. The maximum atomic E-state index is 13.3. The molecule has 0 unspecified atom stereocenters. The number of amides is 1. The van der Waals surface area contributed by atoms with Crippen LogP contribution in [0.15, 0.2) is 53.4 Å². The molecular formula is C17H18FNO2S. The molecule has 0 atom stereocenters. The van der Waals surface area contributed by atoms with Crippen molar-refractivity contribution in [1.29, 1.82) is 0 Å². The van der Waals surface area contributed by atoms with Crippen LogP contribution in [0.4, 0.5) is 4.39 Å². The second-order valence-corrected chi connectivity index (χ2v) is 5.91. The van der Waals surface area contributed by atoms with E-state index in [0.717, 1.165) is 11.3 Å². The van der Waals surface area contributed by atoms with Gasteiger partial charge in [-0.25, -0.2) is 4.39 Å². The second-order valence-electron chi connectivity index (χ2n) is 4.57. The second kappa shape index (κ2) is 8.44. The van der Waals surface area contributed by atoms with Crippen LogP contribution in [0.25, 0.3) is 0 Å². The van der Waals surface area contributed by atoms with Crippen molar-refractivity contribution in [3.8, 4) is 5.75 Å². The van der Waals surface area contributed by atoms with Gasteiger partial charge in [0.15, 0.2) is 18.2 Å². The Bertz CT molecular complexity index is 616. The fourth-order valence-electron chi connectivity index (χ4n) is 1.83. The predicted octanol–water partition coefficient (Wildman–Crippen LogP) is 3.63. The highest BCUT2D eigenvalue weighted by atomic mass is 32.2.